The van der Waals surface area contributed by atoms with Crippen LogP contribution >= 0.6 is 0 Å². The highest BCUT2D eigenvalue weighted by Gasteiger charge is 2.36. The van der Waals surface area contributed by atoms with E-state index in [2.05, 4.69) is 24.3 Å². The molecular formula is C49H37N. The minimum atomic E-state index is -0.828. The Labute approximate surface area is 320 Å². The number of benzene rings is 8. The first-order valence-electron chi connectivity index (χ1n) is 25.0. The molecule has 1 nitrogen and oxygen atoms in total. The van der Waals surface area contributed by atoms with Crippen LogP contribution in [0.2, 0.25) is 0 Å². The molecule has 1 aliphatic carbocycles. The molecule has 8 aromatic carbocycles. The first kappa shape index (κ1) is 16.5. The first-order valence-corrected chi connectivity index (χ1v) is 16.0. The normalized spacial score (nSPS) is 17.8. The van der Waals surface area contributed by atoms with Gasteiger partial charge in [0.05, 0.1) is 24.7 Å². The third-order valence-electron chi connectivity index (χ3n) is 9.17. The molecule has 0 spiro atoms. The zero-order chi connectivity index (χ0) is 49.3. The molecular weight excluding hydrogens is 603 g/mol. The van der Waals surface area contributed by atoms with E-state index < -0.39 is 148 Å². The van der Waals surface area contributed by atoms with Gasteiger partial charge in [-0.15, -0.1) is 0 Å². The zero-order valence-electron chi connectivity index (χ0n) is 45.0. The molecule has 0 atom stereocenters. The van der Waals surface area contributed by atoms with Crippen molar-refractivity contribution in [2.75, 3.05) is 4.90 Å². The SMILES string of the molecule is [2H]c1c([2H])c([2H])c(-c2c([2H])c([2H])c(N(c3ccc4c(c3)C(C)(C)c3cc(-c5ccc6ccccc6c5)ccc3-4)c3c([2H])c([2H])c(-c4c([2H])c([2H])c([2H])c([2H])c4[2H])c([2H])c3[2H])c([2H])c2[2H])c([2H])c1[2H]. The fraction of sp³-hybridized carbons (Fsp3) is 0.0612. The summed E-state index contributed by atoms with van der Waals surface area (Å²) in [5.74, 6) is 0. The molecule has 0 radical (unpaired) electrons. The van der Waals surface area contributed by atoms with Crippen LogP contribution in [0.3, 0.4) is 0 Å². The molecule has 1 heteroatoms. The van der Waals surface area contributed by atoms with Gasteiger partial charge in [0.15, 0.2) is 0 Å². The lowest BCUT2D eigenvalue weighted by atomic mass is 9.81. The number of nitrogens with zero attached hydrogens (tertiary/aromatic N) is 1. The minimum Gasteiger partial charge on any atom is -0.310 e. The van der Waals surface area contributed by atoms with Crippen LogP contribution in [0, 0.1) is 0 Å². The summed E-state index contributed by atoms with van der Waals surface area (Å²) in [6, 6.07) is 11.3. The maximum absolute atomic E-state index is 9.47. The van der Waals surface area contributed by atoms with Crippen LogP contribution < -0.4 is 4.90 Å². The van der Waals surface area contributed by atoms with Crippen molar-refractivity contribution in [3.8, 4) is 44.5 Å². The van der Waals surface area contributed by atoms with Crippen molar-refractivity contribution in [1.29, 1.82) is 0 Å². The second-order valence-corrected chi connectivity index (χ2v) is 12.5. The van der Waals surface area contributed by atoms with Crippen molar-refractivity contribution < 1.29 is 24.7 Å². The van der Waals surface area contributed by atoms with Crippen LogP contribution in [-0.4, -0.2) is 0 Å². The quantitative estimate of drug-likeness (QED) is 0.172. The van der Waals surface area contributed by atoms with Crippen LogP contribution in [0.1, 0.15) is 49.6 Å². The molecule has 0 bridgehead atoms. The van der Waals surface area contributed by atoms with Gasteiger partial charge in [0.25, 0.3) is 0 Å². The monoisotopic (exact) mass is 657 g/mol. The number of fused-ring (bicyclic) bond motifs is 4. The van der Waals surface area contributed by atoms with Crippen molar-refractivity contribution in [3.63, 3.8) is 0 Å². The van der Waals surface area contributed by atoms with Crippen molar-refractivity contribution in [1.82, 2.24) is 0 Å². The van der Waals surface area contributed by atoms with E-state index in [4.69, 9.17) is 13.7 Å². The highest BCUT2D eigenvalue weighted by Crippen LogP contribution is 2.51. The van der Waals surface area contributed by atoms with Gasteiger partial charge in [-0.05, 0) is 115 Å². The molecule has 50 heavy (non-hydrogen) atoms. The van der Waals surface area contributed by atoms with E-state index in [9.17, 15) is 11.0 Å². The Hall–Kier alpha value is -6.18. The predicted octanol–water partition coefficient (Wildman–Crippen LogP) is 13.6. The Kier molecular flexibility index (Phi) is 3.97. The van der Waals surface area contributed by atoms with Gasteiger partial charge in [0.1, 0.15) is 0 Å². The molecule has 0 aromatic heterocycles. The Balaban J connectivity index is 1.30. The Morgan fingerprint density at radius 1 is 0.400 bits per heavy atom. The molecule has 0 saturated carbocycles. The minimum absolute atomic E-state index is 0.0760. The summed E-state index contributed by atoms with van der Waals surface area (Å²) in [6.45, 7) is 4.01. The summed E-state index contributed by atoms with van der Waals surface area (Å²) in [4.78, 5) is 1.05. The second kappa shape index (κ2) is 12.1. The highest BCUT2D eigenvalue weighted by molar-refractivity contribution is 5.90. The van der Waals surface area contributed by atoms with E-state index >= 15 is 0 Å². The molecule has 0 N–H and O–H groups in total. The average molecular weight is 658 g/mol. The van der Waals surface area contributed by atoms with Crippen LogP contribution in [0.25, 0.3) is 55.3 Å². The summed E-state index contributed by atoms with van der Waals surface area (Å²) in [5, 5.41) is 2.17. The highest BCUT2D eigenvalue weighted by atomic mass is 15.1. The number of rotatable bonds is 6. The lowest BCUT2D eigenvalue weighted by molar-refractivity contribution is 0.660. The van der Waals surface area contributed by atoms with Crippen LogP contribution in [0.5, 0.6) is 0 Å². The molecule has 0 heterocycles. The van der Waals surface area contributed by atoms with E-state index in [1.54, 1.807) is 18.2 Å². The van der Waals surface area contributed by atoms with Gasteiger partial charge >= 0.3 is 0 Å². The standard InChI is InChI=1S/C49H37N/c1-49(2)47-32-41(40-18-17-36-15-9-10-16-39(36)31-40)23-29-45(47)46-30-28-44(33-48(46)49)50(42-24-19-37(20-25-42)34-11-5-3-6-12-34)43-26-21-38(22-27-43)35-13-7-4-8-14-35/h3-33H,1-2H3/i3D,4D,5D,6D,7D,8D,11D,12D,13D,14D,19D,20D,21D,22D,24D,25D,26D,27D. The van der Waals surface area contributed by atoms with Crippen molar-refractivity contribution in [2.45, 2.75) is 19.3 Å². The molecule has 8 aromatic rings. The molecule has 0 saturated heterocycles. The van der Waals surface area contributed by atoms with Crippen LogP contribution in [0.4, 0.5) is 17.1 Å². The smallest absolute Gasteiger partial charge is 0.0645 e. The number of anilines is 3. The Morgan fingerprint density at radius 2 is 0.880 bits per heavy atom. The van der Waals surface area contributed by atoms with Crippen LogP contribution in [-0.2, 0) is 5.41 Å². The van der Waals surface area contributed by atoms with Gasteiger partial charge in [-0.25, -0.2) is 0 Å². The molecule has 0 fully saturated rings. The van der Waals surface area contributed by atoms with Gasteiger partial charge in [-0.3, -0.25) is 0 Å². The largest absolute Gasteiger partial charge is 0.310 e. The lowest BCUT2D eigenvalue weighted by Crippen LogP contribution is -2.16. The topological polar surface area (TPSA) is 3.24 Å². The number of hydrogen-bond acceptors (Lipinski definition) is 1. The van der Waals surface area contributed by atoms with Crippen molar-refractivity contribution in [2.24, 2.45) is 0 Å². The number of hydrogen-bond donors (Lipinski definition) is 0. The zero-order valence-corrected chi connectivity index (χ0v) is 27.0. The van der Waals surface area contributed by atoms with Gasteiger partial charge in [0, 0.05) is 22.5 Å². The third kappa shape index (κ3) is 5.19. The van der Waals surface area contributed by atoms with E-state index in [0.717, 1.165) is 49.1 Å². The van der Waals surface area contributed by atoms with E-state index in [1.807, 2.05) is 50.2 Å². The third-order valence-corrected chi connectivity index (χ3v) is 9.17. The van der Waals surface area contributed by atoms with E-state index in [0.29, 0.717) is 0 Å². The van der Waals surface area contributed by atoms with Gasteiger partial charge < -0.3 is 4.90 Å². The van der Waals surface area contributed by atoms with Crippen LogP contribution in [0.15, 0.2) is 188 Å². The lowest BCUT2D eigenvalue weighted by Gasteiger charge is -2.28. The van der Waals surface area contributed by atoms with Crippen molar-refractivity contribution in [3.05, 3.63) is 199 Å². The molecule has 0 unspecified atom stereocenters. The second-order valence-electron chi connectivity index (χ2n) is 12.5. The fourth-order valence-electron chi connectivity index (χ4n) is 6.62. The van der Waals surface area contributed by atoms with Gasteiger partial charge in [-0.1, -0.05) is 153 Å². The molecule has 0 aliphatic heterocycles. The molecule has 0 amide bonds. The Bertz CT molecular complexity index is 3290. The van der Waals surface area contributed by atoms with Gasteiger partial charge in [-0.2, -0.15) is 0 Å². The Morgan fingerprint density at radius 3 is 1.48 bits per heavy atom. The summed E-state index contributed by atoms with van der Waals surface area (Å²) >= 11 is 0. The fourth-order valence-corrected chi connectivity index (χ4v) is 6.62. The summed E-state index contributed by atoms with van der Waals surface area (Å²) < 4.78 is 159. The predicted molar refractivity (Wildman–Crippen MR) is 213 cm³/mol. The molecule has 238 valence electrons. The van der Waals surface area contributed by atoms with E-state index in [1.165, 1.54) is 0 Å². The molecule has 9 rings (SSSR count). The summed E-state index contributed by atoms with van der Waals surface area (Å²) in [6.07, 6.45) is 0. The maximum Gasteiger partial charge on any atom is 0.0645 e. The van der Waals surface area contributed by atoms with Gasteiger partial charge in [0.2, 0.25) is 0 Å². The maximum atomic E-state index is 9.47. The average Bonchev–Trinajstić information content (AvgIpc) is 3.55. The van der Waals surface area contributed by atoms with Crippen molar-refractivity contribution >= 4 is 27.8 Å². The summed E-state index contributed by atoms with van der Waals surface area (Å²) in [5.41, 5.74) is 1.18. The molecule has 1 aliphatic rings. The first-order chi connectivity index (χ1) is 32.0. The van der Waals surface area contributed by atoms with E-state index in [-0.39, 0.29) is 5.69 Å². The summed E-state index contributed by atoms with van der Waals surface area (Å²) in [7, 11) is 0.